The van der Waals surface area contributed by atoms with Crippen LogP contribution in [0, 0.1) is 0 Å². The van der Waals surface area contributed by atoms with Crippen molar-refractivity contribution in [1.82, 2.24) is 0 Å². The SMILES string of the molecule is COc1ccccc1C=C(C(=O)OCC(=O)Nc1ccccc1OC)c1ccccc1. The van der Waals surface area contributed by atoms with Crippen LogP contribution in [0.1, 0.15) is 11.1 Å². The molecule has 158 valence electrons. The molecule has 0 aromatic heterocycles. The summed E-state index contributed by atoms with van der Waals surface area (Å²) in [7, 11) is 3.08. The second kappa shape index (κ2) is 10.6. The number of carbonyl (C=O) groups is 2. The first-order chi connectivity index (χ1) is 15.1. The number of carbonyl (C=O) groups excluding carboxylic acids is 2. The summed E-state index contributed by atoms with van der Waals surface area (Å²) in [6, 6.07) is 23.5. The van der Waals surface area contributed by atoms with Gasteiger partial charge >= 0.3 is 5.97 Å². The van der Waals surface area contributed by atoms with Gasteiger partial charge in [0.25, 0.3) is 5.91 Å². The fourth-order valence-electron chi connectivity index (χ4n) is 2.96. The molecule has 1 N–H and O–H groups in total. The van der Waals surface area contributed by atoms with Crippen molar-refractivity contribution in [3.8, 4) is 11.5 Å². The van der Waals surface area contributed by atoms with E-state index >= 15 is 0 Å². The van der Waals surface area contributed by atoms with Gasteiger partial charge in [-0.2, -0.15) is 0 Å². The van der Waals surface area contributed by atoms with E-state index in [1.54, 1.807) is 55.7 Å². The molecule has 3 rings (SSSR count). The number of anilines is 1. The summed E-state index contributed by atoms with van der Waals surface area (Å²) in [6.07, 6.45) is 1.69. The van der Waals surface area contributed by atoms with E-state index in [1.807, 2.05) is 36.4 Å². The number of amides is 1. The molecule has 6 heteroatoms. The van der Waals surface area contributed by atoms with Gasteiger partial charge in [-0.15, -0.1) is 0 Å². The Hall–Kier alpha value is -4.06. The second-order valence-electron chi connectivity index (χ2n) is 6.49. The zero-order valence-corrected chi connectivity index (χ0v) is 17.3. The highest BCUT2D eigenvalue weighted by atomic mass is 16.5. The predicted molar refractivity (Wildman–Crippen MR) is 120 cm³/mol. The van der Waals surface area contributed by atoms with Gasteiger partial charge in [0.2, 0.25) is 0 Å². The van der Waals surface area contributed by atoms with Crippen LogP contribution in [0.3, 0.4) is 0 Å². The summed E-state index contributed by atoms with van der Waals surface area (Å²) < 4.78 is 15.9. The lowest BCUT2D eigenvalue weighted by molar-refractivity contribution is -0.141. The highest BCUT2D eigenvalue weighted by molar-refractivity contribution is 6.22. The third-order valence-corrected chi connectivity index (χ3v) is 4.46. The Balaban J connectivity index is 1.78. The zero-order chi connectivity index (χ0) is 22.1. The number of hydrogen-bond donors (Lipinski definition) is 1. The Morgan fingerprint density at radius 1 is 0.806 bits per heavy atom. The predicted octanol–water partition coefficient (Wildman–Crippen LogP) is 4.43. The molecular weight excluding hydrogens is 394 g/mol. The summed E-state index contributed by atoms with van der Waals surface area (Å²) in [5.74, 6) is 0.0516. The topological polar surface area (TPSA) is 73.9 Å². The third kappa shape index (κ3) is 5.73. The van der Waals surface area contributed by atoms with Crippen molar-refractivity contribution >= 4 is 29.2 Å². The summed E-state index contributed by atoms with van der Waals surface area (Å²) in [6.45, 7) is -0.438. The quantitative estimate of drug-likeness (QED) is 0.334. The van der Waals surface area contributed by atoms with Gasteiger partial charge in [0, 0.05) is 5.56 Å². The van der Waals surface area contributed by atoms with Crippen LogP contribution in [0.5, 0.6) is 11.5 Å². The van der Waals surface area contributed by atoms with Crippen LogP contribution < -0.4 is 14.8 Å². The maximum Gasteiger partial charge on any atom is 0.339 e. The monoisotopic (exact) mass is 417 g/mol. The number of esters is 1. The van der Waals surface area contributed by atoms with Crippen LogP contribution in [0.25, 0.3) is 11.6 Å². The molecule has 3 aromatic carbocycles. The molecule has 31 heavy (non-hydrogen) atoms. The van der Waals surface area contributed by atoms with E-state index in [2.05, 4.69) is 5.32 Å². The minimum absolute atomic E-state index is 0.315. The molecule has 0 fully saturated rings. The minimum Gasteiger partial charge on any atom is -0.496 e. The Bertz CT molecular complexity index is 1080. The summed E-state index contributed by atoms with van der Waals surface area (Å²) in [4.78, 5) is 25.2. The van der Waals surface area contributed by atoms with E-state index in [-0.39, 0.29) is 0 Å². The number of para-hydroxylation sites is 3. The van der Waals surface area contributed by atoms with Crippen molar-refractivity contribution in [1.29, 1.82) is 0 Å². The van der Waals surface area contributed by atoms with E-state index in [1.165, 1.54) is 7.11 Å². The van der Waals surface area contributed by atoms with Gasteiger partial charge in [-0.05, 0) is 29.8 Å². The first-order valence-corrected chi connectivity index (χ1v) is 9.62. The van der Waals surface area contributed by atoms with Crippen LogP contribution in [-0.2, 0) is 14.3 Å². The molecule has 0 atom stereocenters. The van der Waals surface area contributed by atoms with Crippen LogP contribution >= 0.6 is 0 Å². The molecule has 3 aromatic rings. The average molecular weight is 417 g/mol. The molecule has 6 nitrogen and oxygen atoms in total. The highest BCUT2D eigenvalue weighted by Gasteiger charge is 2.17. The van der Waals surface area contributed by atoms with E-state index in [4.69, 9.17) is 14.2 Å². The molecule has 1 amide bonds. The number of nitrogens with one attached hydrogen (secondary N) is 1. The lowest BCUT2D eigenvalue weighted by Crippen LogP contribution is -2.21. The molecule has 0 aliphatic rings. The number of ether oxygens (including phenoxy) is 3. The maximum absolute atomic E-state index is 12.9. The summed E-state index contributed by atoms with van der Waals surface area (Å²) >= 11 is 0. The zero-order valence-electron chi connectivity index (χ0n) is 17.3. The van der Waals surface area contributed by atoms with Crippen molar-refractivity contribution in [2.45, 2.75) is 0 Å². The van der Waals surface area contributed by atoms with E-state index < -0.39 is 18.5 Å². The summed E-state index contributed by atoms with van der Waals surface area (Å²) in [5, 5.41) is 2.68. The van der Waals surface area contributed by atoms with E-state index in [9.17, 15) is 9.59 Å². The second-order valence-corrected chi connectivity index (χ2v) is 6.49. The van der Waals surface area contributed by atoms with Crippen molar-refractivity contribution in [3.05, 3.63) is 90.0 Å². The number of methoxy groups -OCH3 is 2. The van der Waals surface area contributed by atoms with Crippen LogP contribution in [0.4, 0.5) is 5.69 Å². The van der Waals surface area contributed by atoms with Crippen molar-refractivity contribution in [2.24, 2.45) is 0 Å². The highest BCUT2D eigenvalue weighted by Crippen LogP contribution is 2.26. The number of benzene rings is 3. The summed E-state index contributed by atoms with van der Waals surface area (Å²) in [5.41, 5.74) is 2.21. The first-order valence-electron chi connectivity index (χ1n) is 9.62. The number of rotatable bonds is 8. The van der Waals surface area contributed by atoms with Gasteiger partial charge < -0.3 is 19.5 Å². The molecule has 0 aliphatic carbocycles. The fraction of sp³-hybridized carbons (Fsp3) is 0.120. The van der Waals surface area contributed by atoms with Crippen molar-refractivity contribution in [2.75, 3.05) is 26.1 Å². The van der Waals surface area contributed by atoms with Gasteiger partial charge in [-0.1, -0.05) is 60.7 Å². The van der Waals surface area contributed by atoms with Gasteiger partial charge in [-0.3, -0.25) is 4.79 Å². The van der Waals surface area contributed by atoms with Crippen molar-refractivity contribution in [3.63, 3.8) is 0 Å². The van der Waals surface area contributed by atoms with E-state index in [0.717, 1.165) is 5.56 Å². The van der Waals surface area contributed by atoms with Crippen LogP contribution in [0.15, 0.2) is 78.9 Å². The van der Waals surface area contributed by atoms with Gasteiger partial charge in [-0.25, -0.2) is 4.79 Å². The van der Waals surface area contributed by atoms with E-state index in [0.29, 0.717) is 28.3 Å². The first kappa shape index (κ1) is 21.6. The molecule has 0 spiro atoms. The molecule has 0 bridgehead atoms. The Morgan fingerprint density at radius 3 is 2.13 bits per heavy atom. The Labute approximate surface area is 181 Å². The van der Waals surface area contributed by atoms with Crippen molar-refractivity contribution < 1.29 is 23.8 Å². The van der Waals surface area contributed by atoms with Gasteiger partial charge in [0.1, 0.15) is 11.5 Å². The average Bonchev–Trinajstić information content (AvgIpc) is 2.82. The normalized spacial score (nSPS) is 10.8. The van der Waals surface area contributed by atoms with Crippen LogP contribution in [0.2, 0.25) is 0 Å². The molecule has 0 unspecified atom stereocenters. The molecule has 0 aliphatic heterocycles. The van der Waals surface area contributed by atoms with Crippen LogP contribution in [-0.4, -0.2) is 32.7 Å². The largest absolute Gasteiger partial charge is 0.496 e. The lowest BCUT2D eigenvalue weighted by Gasteiger charge is -2.12. The molecule has 0 saturated carbocycles. The molecule has 0 radical (unpaired) electrons. The smallest absolute Gasteiger partial charge is 0.339 e. The fourth-order valence-corrected chi connectivity index (χ4v) is 2.96. The minimum atomic E-state index is -0.618. The molecular formula is C25H23NO5. The standard InChI is InChI=1S/C25H23NO5/c1-29-22-14-8-6-12-19(22)16-20(18-10-4-3-5-11-18)25(28)31-17-24(27)26-21-13-7-9-15-23(21)30-2/h3-16H,17H2,1-2H3,(H,26,27). The third-order valence-electron chi connectivity index (χ3n) is 4.46. The lowest BCUT2D eigenvalue weighted by atomic mass is 10.0. The maximum atomic E-state index is 12.9. The van der Waals surface area contributed by atoms with Gasteiger partial charge in [0.15, 0.2) is 6.61 Å². The molecule has 0 saturated heterocycles. The van der Waals surface area contributed by atoms with Gasteiger partial charge in [0.05, 0.1) is 25.5 Å². The Morgan fingerprint density at radius 2 is 1.42 bits per heavy atom. The Kier molecular flexibility index (Phi) is 7.43. The number of hydrogen-bond acceptors (Lipinski definition) is 5. The molecule has 0 heterocycles.